The van der Waals surface area contributed by atoms with Crippen LogP contribution in [0.2, 0.25) is 0 Å². The third-order valence-corrected chi connectivity index (χ3v) is 4.95. The fraction of sp³-hybridized carbons (Fsp3) is 0.190. The molecule has 0 fully saturated rings. The lowest BCUT2D eigenvalue weighted by atomic mass is 10.1. The first-order valence-corrected chi connectivity index (χ1v) is 9.61. The lowest BCUT2D eigenvalue weighted by Gasteiger charge is -2.18. The number of benzene rings is 1. The molecule has 1 aromatic carbocycles. The SMILES string of the molecule is CN(CCCc1cc(-c2ccc(F)cc2)n[nH]1)c1nc2ccccn2c(=O)c1[N+](=O)[O-]. The lowest BCUT2D eigenvalue weighted by Crippen LogP contribution is -2.27. The first-order valence-electron chi connectivity index (χ1n) is 9.61. The Bertz CT molecular complexity index is 1300. The molecular formula is C21H19FN6O3. The first-order chi connectivity index (χ1) is 14.9. The van der Waals surface area contributed by atoms with Crippen LogP contribution in [0, 0.1) is 15.9 Å². The molecule has 0 unspecified atom stereocenters. The fourth-order valence-corrected chi connectivity index (χ4v) is 3.36. The number of pyridine rings is 1. The van der Waals surface area contributed by atoms with E-state index in [1.165, 1.54) is 18.3 Å². The van der Waals surface area contributed by atoms with Crippen LogP contribution in [0.25, 0.3) is 16.9 Å². The maximum absolute atomic E-state index is 13.1. The molecule has 0 radical (unpaired) electrons. The minimum absolute atomic E-state index is 0.0396. The number of aryl methyl sites for hydroxylation is 1. The zero-order valence-corrected chi connectivity index (χ0v) is 16.7. The van der Waals surface area contributed by atoms with Gasteiger partial charge in [-0.15, -0.1) is 0 Å². The third-order valence-electron chi connectivity index (χ3n) is 4.95. The predicted octanol–water partition coefficient (Wildman–Crippen LogP) is 3.20. The van der Waals surface area contributed by atoms with Gasteiger partial charge in [-0.25, -0.2) is 9.37 Å². The summed E-state index contributed by atoms with van der Waals surface area (Å²) >= 11 is 0. The van der Waals surface area contributed by atoms with Crippen molar-refractivity contribution in [3.8, 4) is 11.3 Å². The maximum Gasteiger partial charge on any atom is 0.376 e. The van der Waals surface area contributed by atoms with Crippen LogP contribution in [-0.2, 0) is 6.42 Å². The summed E-state index contributed by atoms with van der Waals surface area (Å²) in [5.41, 5.74) is 1.48. The van der Waals surface area contributed by atoms with E-state index in [0.717, 1.165) is 15.7 Å². The highest BCUT2D eigenvalue weighted by atomic mass is 19.1. The Morgan fingerprint density at radius 3 is 2.74 bits per heavy atom. The summed E-state index contributed by atoms with van der Waals surface area (Å²) in [5, 5.41) is 18.7. The molecule has 1 N–H and O–H groups in total. The molecule has 158 valence electrons. The number of rotatable bonds is 7. The number of halogens is 1. The van der Waals surface area contributed by atoms with Gasteiger partial charge in [-0.2, -0.15) is 5.10 Å². The van der Waals surface area contributed by atoms with E-state index in [2.05, 4.69) is 15.2 Å². The highest BCUT2D eigenvalue weighted by molar-refractivity contribution is 5.61. The van der Waals surface area contributed by atoms with Gasteiger partial charge in [0.05, 0.1) is 10.6 Å². The molecule has 4 rings (SSSR count). The molecule has 3 heterocycles. The lowest BCUT2D eigenvalue weighted by molar-refractivity contribution is -0.385. The number of H-pyrrole nitrogens is 1. The molecule has 3 aromatic heterocycles. The van der Waals surface area contributed by atoms with Crippen molar-refractivity contribution < 1.29 is 9.31 Å². The van der Waals surface area contributed by atoms with Crippen molar-refractivity contribution in [2.45, 2.75) is 12.8 Å². The number of fused-ring (bicyclic) bond motifs is 1. The molecular weight excluding hydrogens is 403 g/mol. The van der Waals surface area contributed by atoms with Crippen molar-refractivity contribution in [3.05, 3.63) is 86.7 Å². The standard InChI is InChI=1S/C21H19FN6O3/c1-26(20-19(28(30)31)21(29)27-12-3-2-6-18(27)23-20)11-4-5-16-13-17(25-24-16)14-7-9-15(22)10-8-14/h2-3,6-10,12-13H,4-5,11H2,1H3,(H,24,25). The van der Waals surface area contributed by atoms with Crippen molar-refractivity contribution in [1.29, 1.82) is 0 Å². The molecule has 10 heteroatoms. The molecule has 4 aromatic rings. The molecule has 0 saturated carbocycles. The number of hydrogen-bond acceptors (Lipinski definition) is 6. The van der Waals surface area contributed by atoms with Gasteiger partial charge in [0.1, 0.15) is 11.5 Å². The van der Waals surface area contributed by atoms with Gasteiger partial charge in [0.15, 0.2) is 0 Å². The van der Waals surface area contributed by atoms with Gasteiger partial charge in [0.25, 0.3) is 0 Å². The van der Waals surface area contributed by atoms with E-state index in [1.54, 1.807) is 42.3 Å². The van der Waals surface area contributed by atoms with Crippen LogP contribution in [0.4, 0.5) is 15.9 Å². The molecule has 0 aliphatic carbocycles. The number of hydrogen-bond donors (Lipinski definition) is 1. The molecule has 0 saturated heterocycles. The van der Waals surface area contributed by atoms with Crippen molar-refractivity contribution in [3.63, 3.8) is 0 Å². The van der Waals surface area contributed by atoms with Gasteiger partial charge in [-0.1, -0.05) is 6.07 Å². The Morgan fingerprint density at radius 1 is 1.23 bits per heavy atom. The minimum atomic E-state index is -0.713. The summed E-state index contributed by atoms with van der Waals surface area (Å²) < 4.78 is 14.2. The number of nitro groups is 1. The van der Waals surface area contributed by atoms with E-state index in [1.807, 2.05) is 6.07 Å². The molecule has 9 nitrogen and oxygen atoms in total. The second-order valence-corrected chi connectivity index (χ2v) is 7.09. The molecule has 0 bridgehead atoms. The summed E-state index contributed by atoms with van der Waals surface area (Å²) in [6, 6.07) is 12.9. The van der Waals surface area contributed by atoms with Crippen LogP contribution < -0.4 is 10.5 Å². The van der Waals surface area contributed by atoms with Crippen molar-refractivity contribution in [2.75, 3.05) is 18.5 Å². The molecule has 0 aliphatic heterocycles. The maximum atomic E-state index is 13.1. The molecule has 0 amide bonds. The smallest absolute Gasteiger partial charge is 0.354 e. The quantitative estimate of drug-likeness (QED) is 0.362. The zero-order chi connectivity index (χ0) is 22.0. The topological polar surface area (TPSA) is 109 Å². The summed E-state index contributed by atoms with van der Waals surface area (Å²) in [6.45, 7) is 0.446. The van der Waals surface area contributed by atoms with E-state index in [4.69, 9.17) is 0 Å². The van der Waals surface area contributed by atoms with E-state index in [0.29, 0.717) is 30.7 Å². The van der Waals surface area contributed by atoms with Crippen LogP contribution in [-0.4, -0.2) is 38.1 Å². The fourth-order valence-electron chi connectivity index (χ4n) is 3.36. The second kappa shape index (κ2) is 8.34. The van der Waals surface area contributed by atoms with Gasteiger partial charge in [-0.3, -0.25) is 24.4 Å². The minimum Gasteiger partial charge on any atom is -0.354 e. The average Bonchev–Trinajstić information content (AvgIpc) is 3.22. The van der Waals surface area contributed by atoms with Crippen molar-refractivity contribution >= 4 is 17.2 Å². The normalized spacial score (nSPS) is 11.0. The third kappa shape index (κ3) is 4.13. The summed E-state index contributed by atoms with van der Waals surface area (Å²) in [6.07, 6.45) is 2.74. The number of nitrogens with one attached hydrogen (secondary N) is 1. The highest BCUT2D eigenvalue weighted by Crippen LogP contribution is 2.23. The summed E-state index contributed by atoms with van der Waals surface area (Å²) in [5.74, 6) is -0.267. The monoisotopic (exact) mass is 422 g/mol. The van der Waals surface area contributed by atoms with Gasteiger partial charge in [-0.05, 0) is 55.3 Å². The second-order valence-electron chi connectivity index (χ2n) is 7.09. The zero-order valence-electron chi connectivity index (χ0n) is 16.7. The van der Waals surface area contributed by atoms with Gasteiger partial charge in [0, 0.05) is 31.0 Å². The largest absolute Gasteiger partial charge is 0.376 e. The van der Waals surface area contributed by atoms with Gasteiger partial charge >= 0.3 is 11.2 Å². The average molecular weight is 422 g/mol. The Labute approximate surface area is 175 Å². The number of aromatic nitrogens is 4. The van der Waals surface area contributed by atoms with E-state index in [9.17, 15) is 19.3 Å². The van der Waals surface area contributed by atoms with E-state index >= 15 is 0 Å². The Balaban J connectivity index is 1.48. The van der Waals surface area contributed by atoms with Crippen LogP contribution in [0.5, 0.6) is 0 Å². The van der Waals surface area contributed by atoms with Crippen LogP contribution >= 0.6 is 0 Å². The summed E-state index contributed by atoms with van der Waals surface area (Å²) in [7, 11) is 1.67. The van der Waals surface area contributed by atoms with E-state index in [-0.39, 0.29) is 11.6 Å². The highest BCUT2D eigenvalue weighted by Gasteiger charge is 2.25. The van der Waals surface area contributed by atoms with Crippen LogP contribution in [0.1, 0.15) is 12.1 Å². The van der Waals surface area contributed by atoms with Crippen molar-refractivity contribution in [1.82, 2.24) is 19.6 Å². The van der Waals surface area contributed by atoms with E-state index < -0.39 is 16.2 Å². The number of nitrogens with zero attached hydrogens (tertiary/aromatic N) is 5. The van der Waals surface area contributed by atoms with Crippen LogP contribution in [0.15, 0.2) is 59.5 Å². The Morgan fingerprint density at radius 2 is 2.00 bits per heavy atom. The van der Waals surface area contributed by atoms with Gasteiger partial charge < -0.3 is 4.90 Å². The van der Waals surface area contributed by atoms with Crippen molar-refractivity contribution in [2.24, 2.45) is 0 Å². The molecule has 0 spiro atoms. The molecule has 31 heavy (non-hydrogen) atoms. The molecule has 0 aliphatic rings. The summed E-state index contributed by atoms with van der Waals surface area (Å²) in [4.78, 5) is 29.4. The first kappa shape index (κ1) is 20.2. The van der Waals surface area contributed by atoms with Crippen LogP contribution in [0.3, 0.4) is 0 Å². The van der Waals surface area contributed by atoms with Gasteiger partial charge in [0.2, 0.25) is 5.82 Å². The number of anilines is 1. The molecule has 0 atom stereocenters. The Kier molecular flexibility index (Phi) is 5.44. The predicted molar refractivity (Wildman–Crippen MR) is 114 cm³/mol. The number of aromatic amines is 1. The Hall–Kier alpha value is -4.08.